The van der Waals surface area contributed by atoms with E-state index in [4.69, 9.17) is 0 Å². The van der Waals surface area contributed by atoms with Crippen LogP contribution in [0.4, 0.5) is 0 Å². The Morgan fingerprint density at radius 3 is 2.80 bits per heavy atom. The van der Waals surface area contributed by atoms with Crippen LogP contribution in [-0.2, 0) is 13.5 Å². The zero-order chi connectivity index (χ0) is 13.9. The number of aliphatic hydroxyl groups is 1. The number of hydrogen-bond acceptors (Lipinski definition) is 4. The van der Waals surface area contributed by atoms with Crippen LogP contribution in [0.5, 0.6) is 0 Å². The third-order valence-electron chi connectivity index (χ3n) is 3.09. The van der Waals surface area contributed by atoms with E-state index in [1.165, 1.54) is 0 Å². The normalized spacial score (nSPS) is 12.5. The van der Waals surface area contributed by atoms with Gasteiger partial charge in [0, 0.05) is 30.6 Å². The topological polar surface area (TPSA) is 50.9 Å². The van der Waals surface area contributed by atoms with Crippen molar-refractivity contribution in [3.8, 4) is 10.6 Å². The fourth-order valence-corrected chi connectivity index (χ4v) is 2.86. The molecule has 0 radical (unpaired) electrons. The van der Waals surface area contributed by atoms with Crippen molar-refractivity contribution < 1.29 is 5.11 Å². The number of nitrogens with zero attached hydrogens (tertiary/aromatic N) is 3. The quantitative estimate of drug-likeness (QED) is 0.802. The number of hydrogen-bond donors (Lipinski definition) is 1. The van der Waals surface area contributed by atoms with E-state index in [1.807, 2.05) is 49.0 Å². The minimum atomic E-state index is -0.514. The van der Waals surface area contributed by atoms with Crippen molar-refractivity contribution in [1.29, 1.82) is 0 Å². The molecule has 0 bridgehead atoms. The summed E-state index contributed by atoms with van der Waals surface area (Å²) in [5, 5.41) is 17.3. The van der Waals surface area contributed by atoms with Crippen molar-refractivity contribution in [1.82, 2.24) is 14.8 Å². The zero-order valence-corrected chi connectivity index (χ0v) is 11.9. The lowest BCUT2D eigenvalue weighted by Gasteiger charge is -2.08. The summed E-state index contributed by atoms with van der Waals surface area (Å²) in [5.74, 6) is 0. The van der Waals surface area contributed by atoms with Gasteiger partial charge in [-0.05, 0) is 5.56 Å². The molecule has 1 aromatic carbocycles. The largest absolute Gasteiger partial charge is 0.388 e. The van der Waals surface area contributed by atoms with Gasteiger partial charge in [0.1, 0.15) is 5.01 Å². The van der Waals surface area contributed by atoms with Crippen LogP contribution in [-0.4, -0.2) is 19.9 Å². The lowest BCUT2D eigenvalue weighted by atomic mass is 10.1. The standard InChI is InChI=1S/C15H15N3OS/c1-18-9-12(8-16-18)15-17-13(10-20-15)7-14(19)11-5-3-2-4-6-11/h2-6,8-10,14,19H,7H2,1H3. The van der Waals surface area contributed by atoms with Gasteiger partial charge in [-0.3, -0.25) is 4.68 Å². The molecule has 0 aliphatic carbocycles. The number of aryl methyl sites for hydroxylation is 1. The highest BCUT2D eigenvalue weighted by molar-refractivity contribution is 7.13. The molecule has 1 atom stereocenters. The van der Waals surface area contributed by atoms with Gasteiger partial charge < -0.3 is 5.11 Å². The highest BCUT2D eigenvalue weighted by Gasteiger charge is 2.12. The van der Waals surface area contributed by atoms with Crippen LogP contribution in [0, 0.1) is 0 Å². The molecule has 1 N–H and O–H groups in total. The molecule has 0 saturated heterocycles. The summed E-state index contributed by atoms with van der Waals surface area (Å²) in [7, 11) is 1.89. The van der Waals surface area contributed by atoms with Crippen molar-refractivity contribution in [2.24, 2.45) is 7.05 Å². The highest BCUT2D eigenvalue weighted by atomic mass is 32.1. The van der Waals surface area contributed by atoms with E-state index < -0.39 is 6.10 Å². The maximum Gasteiger partial charge on any atom is 0.126 e. The monoisotopic (exact) mass is 285 g/mol. The van der Waals surface area contributed by atoms with E-state index in [2.05, 4.69) is 10.1 Å². The molecule has 2 heterocycles. The molecule has 4 nitrogen and oxygen atoms in total. The lowest BCUT2D eigenvalue weighted by Crippen LogP contribution is -2.01. The zero-order valence-electron chi connectivity index (χ0n) is 11.1. The van der Waals surface area contributed by atoms with Gasteiger partial charge >= 0.3 is 0 Å². The molecule has 102 valence electrons. The van der Waals surface area contributed by atoms with Crippen LogP contribution in [0.15, 0.2) is 48.1 Å². The van der Waals surface area contributed by atoms with Crippen molar-refractivity contribution in [3.05, 3.63) is 59.4 Å². The van der Waals surface area contributed by atoms with E-state index in [9.17, 15) is 5.11 Å². The SMILES string of the molecule is Cn1cc(-c2nc(CC(O)c3ccccc3)cs2)cn1. The molecule has 0 aliphatic rings. The fraction of sp³-hybridized carbons (Fsp3) is 0.200. The smallest absolute Gasteiger partial charge is 0.126 e. The summed E-state index contributed by atoms with van der Waals surface area (Å²) in [6.07, 6.45) is 3.76. The maximum absolute atomic E-state index is 10.2. The van der Waals surface area contributed by atoms with E-state index in [-0.39, 0.29) is 0 Å². The first-order chi connectivity index (χ1) is 9.72. The number of benzene rings is 1. The lowest BCUT2D eigenvalue weighted by molar-refractivity contribution is 0.177. The predicted molar refractivity (Wildman–Crippen MR) is 79.4 cm³/mol. The third-order valence-corrected chi connectivity index (χ3v) is 4.03. The summed E-state index contributed by atoms with van der Waals surface area (Å²) >= 11 is 1.58. The van der Waals surface area contributed by atoms with E-state index in [0.717, 1.165) is 21.8 Å². The molecule has 0 saturated carbocycles. The van der Waals surface area contributed by atoms with Crippen LogP contribution in [0.2, 0.25) is 0 Å². The second-order valence-corrected chi connectivity index (χ2v) is 5.54. The summed E-state index contributed by atoms with van der Waals surface area (Å²) in [6.45, 7) is 0. The Labute approximate surface area is 121 Å². The Balaban J connectivity index is 1.74. The average Bonchev–Trinajstić information content (AvgIpc) is 3.09. The van der Waals surface area contributed by atoms with Gasteiger partial charge in [0.15, 0.2) is 0 Å². The Bertz CT molecular complexity index is 690. The van der Waals surface area contributed by atoms with Gasteiger partial charge in [-0.1, -0.05) is 30.3 Å². The van der Waals surface area contributed by atoms with Crippen molar-refractivity contribution >= 4 is 11.3 Å². The molecule has 5 heteroatoms. The summed E-state index contributed by atoms with van der Waals surface area (Å²) in [6, 6.07) is 9.67. The molecule has 20 heavy (non-hydrogen) atoms. The van der Waals surface area contributed by atoms with Crippen molar-refractivity contribution in [3.63, 3.8) is 0 Å². The average molecular weight is 285 g/mol. The molecule has 2 aromatic heterocycles. The first-order valence-corrected chi connectivity index (χ1v) is 7.27. The Morgan fingerprint density at radius 2 is 2.10 bits per heavy atom. The Hall–Kier alpha value is -1.98. The van der Waals surface area contributed by atoms with Crippen LogP contribution >= 0.6 is 11.3 Å². The second kappa shape index (κ2) is 5.56. The van der Waals surface area contributed by atoms with Crippen LogP contribution in [0.1, 0.15) is 17.4 Å². The highest BCUT2D eigenvalue weighted by Crippen LogP contribution is 2.25. The number of aliphatic hydroxyl groups excluding tert-OH is 1. The minimum Gasteiger partial charge on any atom is -0.388 e. The van der Waals surface area contributed by atoms with E-state index in [1.54, 1.807) is 22.2 Å². The van der Waals surface area contributed by atoms with E-state index in [0.29, 0.717) is 6.42 Å². The molecule has 3 aromatic rings. The molecule has 0 fully saturated rings. The van der Waals surface area contributed by atoms with Crippen LogP contribution in [0.25, 0.3) is 10.6 Å². The van der Waals surface area contributed by atoms with Gasteiger partial charge in [0.25, 0.3) is 0 Å². The van der Waals surface area contributed by atoms with Crippen molar-refractivity contribution in [2.75, 3.05) is 0 Å². The maximum atomic E-state index is 10.2. The third kappa shape index (κ3) is 2.79. The number of thiazole rings is 1. The number of rotatable bonds is 4. The first kappa shape index (κ1) is 13.0. The van der Waals surface area contributed by atoms with Gasteiger partial charge in [-0.15, -0.1) is 11.3 Å². The van der Waals surface area contributed by atoms with Crippen LogP contribution < -0.4 is 0 Å². The molecule has 0 amide bonds. The minimum absolute atomic E-state index is 0.514. The van der Waals surface area contributed by atoms with Crippen LogP contribution in [0.3, 0.4) is 0 Å². The molecule has 0 spiro atoms. The van der Waals surface area contributed by atoms with Crippen molar-refractivity contribution in [2.45, 2.75) is 12.5 Å². The molecule has 3 rings (SSSR count). The van der Waals surface area contributed by atoms with E-state index >= 15 is 0 Å². The second-order valence-electron chi connectivity index (χ2n) is 4.68. The van der Waals surface area contributed by atoms with Gasteiger partial charge in [0.2, 0.25) is 0 Å². The molecule has 1 unspecified atom stereocenters. The first-order valence-electron chi connectivity index (χ1n) is 6.39. The Kier molecular flexibility index (Phi) is 3.62. The van der Waals surface area contributed by atoms with Gasteiger partial charge in [-0.25, -0.2) is 4.98 Å². The fourth-order valence-electron chi connectivity index (χ4n) is 2.06. The number of aromatic nitrogens is 3. The molecule has 0 aliphatic heterocycles. The molecular weight excluding hydrogens is 270 g/mol. The summed E-state index contributed by atoms with van der Waals surface area (Å²) < 4.78 is 1.76. The van der Waals surface area contributed by atoms with Gasteiger partial charge in [-0.2, -0.15) is 5.10 Å². The summed E-state index contributed by atoms with van der Waals surface area (Å²) in [5.41, 5.74) is 2.84. The summed E-state index contributed by atoms with van der Waals surface area (Å²) in [4.78, 5) is 4.56. The van der Waals surface area contributed by atoms with Gasteiger partial charge in [0.05, 0.1) is 18.0 Å². The Morgan fingerprint density at radius 1 is 1.30 bits per heavy atom. The molecular formula is C15H15N3OS. The predicted octanol–water partition coefficient (Wildman–Crippen LogP) is 2.82.